The maximum Gasteiger partial charge on any atom is 0.213 e. The maximum atomic E-state index is 5.15. The molecule has 2 heterocycles. The van der Waals surface area contributed by atoms with Crippen molar-refractivity contribution in [3.63, 3.8) is 0 Å². The molecule has 0 amide bonds. The van der Waals surface area contributed by atoms with E-state index in [-0.39, 0.29) is 0 Å². The van der Waals surface area contributed by atoms with E-state index in [0.29, 0.717) is 0 Å². The Kier molecular flexibility index (Phi) is 3.44. The van der Waals surface area contributed by atoms with Gasteiger partial charge in [-0.15, -0.1) is 5.10 Å². The number of methoxy groups -OCH3 is 1. The minimum absolute atomic E-state index is 0.851. The second-order valence-electron chi connectivity index (χ2n) is 3.88. The highest BCUT2D eigenvalue weighted by molar-refractivity contribution is 8.01. The van der Waals surface area contributed by atoms with Gasteiger partial charge in [-0.1, -0.05) is 30.0 Å². The molecular weight excluding hydrogens is 278 g/mol. The van der Waals surface area contributed by atoms with Crippen LogP contribution in [0.4, 0.5) is 0 Å². The van der Waals surface area contributed by atoms with Crippen LogP contribution in [0.5, 0.6) is 5.75 Å². The first kappa shape index (κ1) is 12.5. The zero-order chi connectivity index (χ0) is 13.2. The first-order chi connectivity index (χ1) is 9.30. The molecule has 0 aliphatic carbocycles. The molecule has 1 aromatic carbocycles. The highest BCUT2D eigenvalue weighted by atomic mass is 32.2. The molecule has 6 heteroatoms. The summed E-state index contributed by atoms with van der Waals surface area (Å²) in [5, 5.41) is 4.49. The fraction of sp³-hybridized carbons (Fsp3) is 0.231. The molecule has 3 aromatic rings. The van der Waals surface area contributed by atoms with E-state index in [2.05, 4.69) is 17.0 Å². The van der Waals surface area contributed by atoms with E-state index < -0.39 is 0 Å². The van der Waals surface area contributed by atoms with Crippen molar-refractivity contribution in [1.82, 2.24) is 14.6 Å². The van der Waals surface area contributed by atoms with E-state index >= 15 is 0 Å². The summed E-state index contributed by atoms with van der Waals surface area (Å²) in [5.74, 6) is 1.88. The molecular formula is C13H13N3OS2. The normalized spacial score (nSPS) is 11.1. The Morgan fingerprint density at radius 2 is 2.11 bits per heavy atom. The average molecular weight is 291 g/mol. The van der Waals surface area contributed by atoms with Gasteiger partial charge >= 0.3 is 0 Å². The Hall–Kier alpha value is -1.53. The number of hydrogen-bond donors (Lipinski definition) is 0. The summed E-state index contributed by atoms with van der Waals surface area (Å²) in [6, 6.07) is 7.89. The molecule has 0 saturated heterocycles. The summed E-state index contributed by atoms with van der Waals surface area (Å²) >= 11 is 3.37. The zero-order valence-electron chi connectivity index (χ0n) is 10.7. The Morgan fingerprint density at radius 1 is 1.32 bits per heavy atom. The van der Waals surface area contributed by atoms with Crippen LogP contribution >= 0.6 is 23.1 Å². The fourth-order valence-electron chi connectivity index (χ4n) is 1.76. The van der Waals surface area contributed by atoms with E-state index in [1.807, 2.05) is 35.0 Å². The zero-order valence-corrected chi connectivity index (χ0v) is 12.3. The highest BCUT2D eigenvalue weighted by Gasteiger charge is 2.09. The Labute approximate surface area is 119 Å². The largest absolute Gasteiger partial charge is 0.497 e. The van der Waals surface area contributed by atoms with Gasteiger partial charge in [-0.2, -0.15) is 0 Å². The molecule has 0 bridgehead atoms. The van der Waals surface area contributed by atoms with Gasteiger partial charge in [0.15, 0.2) is 4.34 Å². The van der Waals surface area contributed by atoms with Crippen molar-refractivity contribution < 1.29 is 4.74 Å². The highest BCUT2D eigenvalue weighted by Crippen LogP contribution is 2.27. The van der Waals surface area contributed by atoms with Gasteiger partial charge in [0, 0.05) is 5.56 Å². The maximum absolute atomic E-state index is 5.15. The molecule has 19 heavy (non-hydrogen) atoms. The van der Waals surface area contributed by atoms with Crippen molar-refractivity contribution in [1.29, 1.82) is 0 Å². The van der Waals surface area contributed by atoms with E-state index in [4.69, 9.17) is 4.74 Å². The van der Waals surface area contributed by atoms with Crippen LogP contribution in [-0.4, -0.2) is 27.5 Å². The Bertz CT molecular complexity index is 656. The van der Waals surface area contributed by atoms with Gasteiger partial charge < -0.3 is 4.74 Å². The second-order valence-corrected chi connectivity index (χ2v) is 6.35. The van der Waals surface area contributed by atoms with Crippen LogP contribution in [0.1, 0.15) is 6.92 Å². The van der Waals surface area contributed by atoms with Gasteiger partial charge in [0.1, 0.15) is 5.75 Å². The molecule has 2 aromatic heterocycles. The first-order valence-corrected chi connectivity index (χ1v) is 7.74. The van der Waals surface area contributed by atoms with E-state index in [0.717, 1.165) is 32.1 Å². The number of imidazole rings is 1. The lowest BCUT2D eigenvalue weighted by atomic mass is 10.2. The lowest BCUT2D eigenvalue weighted by molar-refractivity contribution is 0.415. The van der Waals surface area contributed by atoms with Crippen molar-refractivity contribution in [2.75, 3.05) is 12.9 Å². The predicted molar refractivity (Wildman–Crippen MR) is 79.3 cm³/mol. The number of rotatable bonds is 4. The quantitative estimate of drug-likeness (QED) is 0.689. The third-order valence-electron chi connectivity index (χ3n) is 2.68. The predicted octanol–water partition coefficient (Wildman–Crippen LogP) is 3.58. The summed E-state index contributed by atoms with van der Waals surface area (Å²) < 4.78 is 8.06. The van der Waals surface area contributed by atoms with Crippen LogP contribution in [0.2, 0.25) is 0 Å². The monoisotopic (exact) mass is 291 g/mol. The summed E-state index contributed by atoms with van der Waals surface area (Å²) in [6.07, 6.45) is 1.97. The molecule has 0 spiro atoms. The minimum Gasteiger partial charge on any atom is -0.497 e. The second kappa shape index (κ2) is 5.22. The summed E-state index contributed by atoms with van der Waals surface area (Å²) in [4.78, 5) is 5.54. The van der Waals surface area contributed by atoms with Gasteiger partial charge in [-0.25, -0.2) is 9.50 Å². The average Bonchev–Trinajstić information content (AvgIpc) is 2.97. The Balaban J connectivity index is 1.93. The SMILES string of the molecule is CCSc1nn2cc(-c3ccc(OC)cc3)nc2s1. The summed E-state index contributed by atoms with van der Waals surface area (Å²) in [6.45, 7) is 2.12. The number of ether oxygens (including phenoxy) is 1. The van der Waals surface area contributed by atoms with Gasteiger partial charge in [-0.05, 0) is 30.0 Å². The van der Waals surface area contributed by atoms with Crippen LogP contribution in [0.25, 0.3) is 16.2 Å². The van der Waals surface area contributed by atoms with Crippen molar-refractivity contribution in [3.8, 4) is 17.0 Å². The van der Waals surface area contributed by atoms with Crippen LogP contribution in [-0.2, 0) is 0 Å². The number of thioether (sulfide) groups is 1. The molecule has 3 rings (SSSR count). The standard InChI is InChI=1S/C13H13N3OS2/c1-3-18-13-15-16-8-11(14-12(16)19-13)9-4-6-10(17-2)7-5-9/h4-8H,3H2,1-2H3. The first-order valence-electron chi connectivity index (χ1n) is 5.93. The minimum atomic E-state index is 0.851. The fourth-order valence-corrected chi connectivity index (χ4v) is 3.59. The molecule has 0 N–H and O–H groups in total. The van der Waals surface area contributed by atoms with E-state index in [9.17, 15) is 0 Å². The molecule has 0 saturated carbocycles. The Morgan fingerprint density at radius 3 is 2.74 bits per heavy atom. The molecule has 0 atom stereocenters. The number of aromatic nitrogens is 3. The lowest BCUT2D eigenvalue weighted by Crippen LogP contribution is -1.83. The summed E-state index contributed by atoms with van der Waals surface area (Å²) in [5.41, 5.74) is 2.01. The third kappa shape index (κ3) is 2.46. The number of benzene rings is 1. The molecule has 0 fully saturated rings. The van der Waals surface area contributed by atoms with Crippen LogP contribution < -0.4 is 4.74 Å². The number of hydrogen-bond acceptors (Lipinski definition) is 5. The van der Waals surface area contributed by atoms with Gasteiger partial charge in [0.2, 0.25) is 4.96 Å². The lowest BCUT2D eigenvalue weighted by Gasteiger charge is -2.00. The topological polar surface area (TPSA) is 39.4 Å². The van der Waals surface area contributed by atoms with Gasteiger partial charge in [0.05, 0.1) is 19.0 Å². The molecule has 4 nitrogen and oxygen atoms in total. The molecule has 0 unspecified atom stereocenters. The smallest absolute Gasteiger partial charge is 0.213 e. The number of fused-ring (bicyclic) bond motifs is 1. The van der Waals surface area contributed by atoms with E-state index in [1.165, 1.54) is 0 Å². The van der Waals surface area contributed by atoms with Crippen LogP contribution in [0, 0.1) is 0 Å². The van der Waals surface area contributed by atoms with E-state index in [1.54, 1.807) is 30.2 Å². The number of nitrogens with zero attached hydrogens (tertiary/aromatic N) is 3. The van der Waals surface area contributed by atoms with Crippen molar-refractivity contribution in [3.05, 3.63) is 30.5 Å². The molecule has 0 aliphatic rings. The van der Waals surface area contributed by atoms with Crippen LogP contribution in [0.3, 0.4) is 0 Å². The summed E-state index contributed by atoms with van der Waals surface area (Å²) in [7, 11) is 1.67. The van der Waals surface area contributed by atoms with Crippen LogP contribution in [0.15, 0.2) is 34.8 Å². The molecule has 0 radical (unpaired) electrons. The van der Waals surface area contributed by atoms with Gasteiger partial charge in [0.25, 0.3) is 0 Å². The molecule has 98 valence electrons. The molecule has 0 aliphatic heterocycles. The van der Waals surface area contributed by atoms with Crippen molar-refractivity contribution in [2.24, 2.45) is 0 Å². The van der Waals surface area contributed by atoms with Gasteiger partial charge in [-0.3, -0.25) is 0 Å². The van der Waals surface area contributed by atoms with Crippen molar-refractivity contribution in [2.45, 2.75) is 11.3 Å². The van der Waals surface area contributed by atoms with Crippen molar-refractivity contribution >= 4 is 28.1 Å². The third-order valence-corrected chi connectivity index (χ3v) is 4.62.